The Hall–Kier alpha value is -0.160. The maximum Gasteiger partial charge on any atom is 0.0922 e. The molecule has 0 aliphatic carbocycles. The Balaban J connectivity index is 2.25. The van der Waals surface area contributed by atoms with Crippen molar-refractivity contribution in [3.05, 3.63) is 0 Å². The summed E-state index contributed by atoms with van der Waals surface area (Å²) in [6, 6.07) is 0. The van der Waals surface area contributed by atoms with E-state index in [9.17, 15) is 5.11 Å². The number of nitrogens with zero attached hydrogens (tertiary/aromatic N) is 1. The first-order valence-electron chi connectivity index (χ1n) is 4.71. The Morgan fingerprint density at radius 2 is 1.92 bits per heavy atom. The van der Waals surface area contributed by atoms with Crippen LogP contribution < -0.4 is 0 Å². The van der Waals surface area contributed by atoms with E-state index in [-0.39, 0.29) is 12.5 Å². The normalized spacial score (nSPS) is 24.5. The van der Waals surface area contributed by atoms with Gasteiger partial charge in [0.15, 0.2) is 0 Å². The van der Waals surface area contributed by atoms with E-state index in [1.54, 1.807) is 0 Å². The van der Waals surface area contributed by atoms with Gasteiger partial charge in [0.05, 0.1) is 18.3 Å². The summed E-state index contributed by atoms with van der Waals surface area (Å²) in [6.45, 7) is 5.41. The Morgan fingerprint density at radius 3 is 2.31 bits per heavy atom. The van der Waals surface area contributed by atoms with Gasteiger partial charge in [0.25, 0.3) is 0 Å². The second-order valence-corrected chi connectivity index (χ2v) is 4.26. The Kier molecular flexibility index (Phi) is 3.29. The fourth-order valence-corrected chi connectivity index (χ4v) is 1.58. The zero-order chi connectivity index (χ0) is 10.1. The molecule has 0 spiro atoms. The Bertz CT molecular complexity index is 166. The monoisotopic (exact) mass is 189 g/mol. The summed E-state index contributed by atoms with van der Waals surface area (Å²) in [7, 11) is 0. The van der Waals surface area contributed by atoms with Crippen molar-refractivity contribution in [3.8, 4) is 0 Å². The molecular formula is C9H19NO3. The minimum Gasteiger partial charge on any atom is -0.394 e. The van der Waals surface area contributed by atoms with Crippen LogP contribution in [0.15, 0.2) is 0 Å². The highest BCUT2D eigenvalue weighted by Crippen LogP contribution is 2.28. The third-order valence-electron chi connectivity index (χ3n) is 2.75. The van der Waals surface area contributed by atoms with Crippen LogP contribution in [0.3, 0.4) is 0 Å². The molecule has 1 aliphatic heterocycles. The highest BCUT2D eigenvalue weighted by atomic mass is 16.3. The molecule has 0 saturated carbocycles. The van der Waals surface area contributed by atoms with E-state index >= 15 is 0 Å². The predicted molar refractivity (Wildman–Crippen MR) is 49.3 cm³/mol. The third-order valence-corrected chi connectivity index (χ3v) is 2.75. The lowest BCUT2D eigenvalue weighted by atomic mass is 9.83. The van der Waals surface area contributed by atoms with Gasteiger partial charge in [-0.2, -0.15) is 0 Å². The standard InChI is InChI=1S/C9H19NO3/c1-7(2)9(13)5-10(6-9)3-8(12)4-11/h7-8,11-13H,3-6H2,1-2H3. The zero-order valence-electron chi connectivity index (χ0n) is 8.27. The van der Waals surface area contributed by atoms with Gasteiger partial charge in [-0.05, 0) is 5.92 Å². The zero-order valence-corrected chi connectivity index (χ0v) is 8.27. The molecule has 4 heteroatoms. The fourth-order valence-electron chi connectivity index (χ4n) is 1.58. The molecule has 0 aromatic carbocycles. The number of hydrogen-bond donors (Lipinski definition) is 3. The largest absolute Gasteiger partial charge is 0.394 e. The number of aliphatic hydroxyl groups is 3. The fraction of sp³-hybridized carbons (Fsp3) is 1.00. The number of hydrogen-bond acceptors (Lipinski definition) is 4. The van der Waals surface area contributed by atoms with Crippen molar-refractivity contribution in [2.45, 2.75) is 25.6 Å². The second-order valence-electron chi connectivity index (χ2n) is 4.26. The van der Waals surface area contributed by atoms with Crippen LogP contribution >= 0.6 is 0 Å². The summed E-state index contributed by atoms with van der Waals surface area (Å²) in [5.74, 6) is 0.245. The van der Waals surface area contributed by atoms with Gasteiger partial charge in [0, 0.05) is 19.6 Å². The van der Waals surface area contributed by atoms with Crippen molar-refractivity contribution < 1.29 is 15.3 Å². The van der Waals surface area contributed by atoms with Crippen molar-refractivity contribution in [2.75, 3.05) is 26.2 Å². The molecule has 4 nitrogen and oxygen atoms in total. The molecule has 0 bridgehead atoms. The first kappa shape index (κ1) is 10.9. The van der Waals surface area contributed by atoms with Crippen molar-refractivity contribution in [2.24, 2.45) is 5.92 Å². The molecule has 78 valence electrons. The summed E-state index contributed by atoms with van der Waals surface area (Å²) in [6.07, 6.45) is -0.684. The Labute approximate surface area is 78.8 Å². The lowest BCUT2D eigenvalue weighted by Gasteiger charge is -2.49. The number of rotatable bonds is 4. The number of likely N-dealkylation sites (tertiary alicyclic amines) is 1. The second kappa shape index (κ2) is 3.92. The van der Waals surface area contributed by atoms with Crippen molar-refractivity contribution in [1.29, 1.82) is 0 Å². The topological polar surface area (TPSA) is 63.9 Å². The van der Waals surface area contributed by atoms with Gasteiger partial charge >= 0.3 is 0 Å². The van der Waals surface area contributed by atoms with E-state index in [4.69, 9.17) is 10.2 Å². The minimum atomic E-state index is -0.684. The maximum atomic E-state index is 9.86. The van der Waals surface area contributed by atoms with Crippen LogP contribution in [0.5, 0.6) is 0 Å². The molecule has 1 rings (SSSR count). The van der Waals surface area contributed by atoms with Crippen LogP contribution in [0.4, 0.5) is 0 Å². The van der Waals surface area contributed by atoms with E-state index in [1.165, 1.54) is 0 Å². The van der Waals surface area contributed by atoms with Crippen LogP contribution in [0.2, 0.25) is 0 Å². The van der Waals surface area contributed by atoms with Crippen LogP contribution in [-0.2, 0) is 0 Å². The average molecular weight is 189 g/mol. The third kappa shape index (κ3) is 2.40. The first-order chi connectivity index (χ1) is 5.98. The van der Waals surface area contributed by atoms with Gasteiger partial charge in [-0.3, -0.25) is 4.90 Å². The predicted octanol–water partition coefficient (Wildman–Crippen LogP) is -0.958. The summed E-state index contributed by atoms with van der Waals surface area (Å²) < 4.78 is 0. The molecule has 1 aliphatic rings. The molecular weight excluding hydrogens is 170 g/mol. The van der Waals surface area contributed by atoms with E-state index in [1.807, 2.05) is 18.7 Å². The molecule has 3 N–H and O–H groups in total. The van der Waals surface area contributed by atoms with Gasteiger partial charge < -0.3 is 15.3 Å². The van der Waals surface area contributed by atoms with Crippen molar-refractivity contribution >= 4 is 0 Å². The molecule has 1 atom stereocenters. The molecule has 13 heavy (non-hydrogen) atoms. The number of aliphatic hydroxyl groups excluding tert-OH is 2. The van der Waals surface area contributed by atoms with Crippen molar-refractivity contribution in [3.63, 3.8) is 0 Å². The lowest BCUT2D eigenvalue weighted by Crippen LogP contribution is -2.65. The molecule has 1 fully saturated rings. The smallest absolute Gasteiger partial charge is 0.0922 e. The molecule has 0 aromatic rings. The molecule has 0 aromatic heterocycles. The van der Waals surface area contributed by atoms with Gasteiger partial charge in [-0.1, -0.05) is 13.8 Å². The van der Waals surface area contributed by atoms with Crippen LogP contribution in [0, 0.1) is 5.92 Å². The molecule has 1 unspecified atom stereocenters. The first-order valence-corrected chi connectivity index (χ1v) is 4.71. The minimum absolute atomic E-state index is 0.212. The lowest BCUT2D eigenvalue weighted by molar-refractivity contribution is -0.137. The van der Waals surface area contributed by atoms with Gasteiger partial charge in [-0.15, -0.1) is 0 Å². The average Bonchev–Trinajstić information content (AvgIpc) is 2.00. The van der Waals surface area contributed by atoms with E-state index in [0.29, 0.717) is 19.6 Å². The van der Waals surface area contributed by atoms with E-state index < -0.39 is 11.7 Å². The Morgan fingerprint density at radius 1 is 1.38 bits per heavy atom. The van der Waals surface area contributed by atoms with Gasteiger partial charge in [0.2, 0.25) is 0 Å². The van der Waals surface area contributed by atoms with Crippen LogP contribution in [-0.4, -0.2) is 58.2 Å². The molecule has 0 amide bonds. The van der Waals surface area contributed by atoms with Crippen LogP contribution in [0.25, 0.3) is 0 Å². The van der Waals surface area contributed by atoms with E-state index in [2.05, 4.69) is 0 Å². The molecule has 1 heterocycles. The van der Waals surface area contributed by atoms with Gasteiger partial charge in [-0.25, -0.2) is 0 Å². The highest BCUT2D eigenvalue weighted by Gasteiger charge is 2.43. The SMILES string of the molecule is CC(C)C1(O)CN(CC(O)CO)C1. The molecule has 1 saturated heterocycles. The summed E-state index contributed by atoms with van der Waals surface area (Å²) in [4.78, 5) is 1.95. The van der Waals surface area contributed by atoms with E-state index in [0.717, 1.165) is 0 Å². The summed E-state index contributed by atoms with van der Waals surface area (Å²) in [5.41, 5.74) is -0.588. The van der Waals surface area contributed by atoms with Crippen LogP contribution in [0.1, 0.15) is 13.8 Å². The van der Waals surface area contributed by atoms with Crippen molar-refractivity contribution in [1.82, 2.24) is 4.90 Å². The highest BCUT2D eigenvalue weighted by molar-refractivity contribution is 4.97. The summed E-state index contributed by atoms with van der Waals surface area (Å²) >= 11 is 0. The maximum absolute atomic E-state index is 9.86. The molecule has 0 radical (unpaired) electrons. The van der Waals surface area contributed by atoms with Gasteiger partial charge in [0.1, 0.15) is 0 Å². The number of β-amino-alcohol motifs (C(OH)–C–C–N with tert-alkyl or cyclic N) is 2. The summed E-state index contributed by atoms with van der Waals surface area (Å²) in [5, 5.41) is 27.6. The quantitative estimate of drug-likeness (QED) is 0.533.